The lowest BCUT2D eigenvalue weighted by molar-refractivity contribution is -0.139. The highest BCUT2D eigenvalue weighted by molar-refractivity contribution is 5.75. The lowest BCUT2D eigenvalue weighted by Crippen LogP contribution is -2.25. The molecule has 0 aliphatic heterocycles. The van der Waals surface area contributed by atoms with Crippen LogP contribution >= 0.6 is 0 Å². The maximum absolute atomic E-state index is 11.0. The fourth-order valence-corrected chi connectivity index (χ4v) is 1.90. The van der Waals surface area contributed by atoms with E-state index in [4.69, 9.17) is 5.11 Å². The highest BCUT2D eigenvalue weighted by atomic mass is 16.4. The van der Waals surface area contributed by atoms with Gasteiger partial charge in [-0.15, -0.1) is 0 Å². The minimum atomic E-state index is -0.858. The molecule has 0 bridgehead atoms. The molecule has 0 aliphatic rings. The van der Waals surface area contributed by atoms with Crippen LogP contribution < -0.4 is 10.2 Å². The smallest absolute Gasteiger partial charge is 0.325 e. The number of hydrogen-bond acceptors (Lipinski definition) is 3. The maximum Gasteiger partial charge on any atom is 0.325 e. The molecule has 0 saturated heterocycles. The molecule has 4 heteroatoms. The molecule has 1 aromatic carbocycles. The van der Waals surface area contributed by atoms with Crippen molar-refractivity contribution in [3.8, 4) is 0 Å². The van der Waals surface area contributed by atoms with Gasteiger partial charge in [-0.2, -0.15) is 0 Å². The molecule has 0 saturated carbocycles. The Kier molecular flexibility index (Phi) is 4.97. The molecule has 1 aromatic rings. The number of nitrogens with zero attached hydrogens (tertiary/aromatic N) is 1. The third-order valence-electron chi connectivity index (χ3n) is 2.89. The molecule has 1 atom stereocenters. The Bertz CT molecular complexity index is 358. The molecule has 0 spiro atoms. The van der Waals surface area contributed by atoms with Crippen molar-refractivity contribution in [3.63, 3.8) is 0 Å². The summed E-state index contributed by atoms with van der Waals surface area (Å²) in [5.41, 5.74) is 1.90. The Morgan fingerprint density at radius 1 is 1.29 bits per heavy atom. The van der Waals surface area contributed by atoms with Crippen LogP contribution in [0.4, 0.5) is 5.69 Å². The Hall–Kier alpha value is -1.55. The van der Waals surface area contributed by atoms with Gasteiger partial charge in [0.2, 0.25) is 0 Å². The molecule has 1 rings (SSSR count). The Balaban J connectivity index is 2.90. The molecule has 0 aromatic heterocycles. The van der Waals surface area contributed by atoms with Crippen molar-refractivity contribution in [1.29, 1.82) is 0 Å². The van der Waals surface area contributed by atoms with Gasteiger partial charge in [0, 0.05) is 18.8 Å². The second kappa shape index (κ2) is 6.25. The van der Waals surface area contributed by atoms with E-state index in [0.29, 0.717) is 0 Å². The number of hydrogen-bond donors (Lipinski definition) is 2. The van der Waals surface area contributed by atoms with Crippen LogP contribution in [-0.4, -0.2) is 31.2 Å². The number of rotatable bonds is 6. The van der Waals surface area contributed by atoms with Crippen molar-refractivity contribution >= 4 is 11.7 Å². The van der Waals surface area contributed by atoms with Crippen LogP contribution in [0.3, 0.4) is 0 Å². The minimum absolute atomic E-state index is 0.638. The third-order valence-corrected chi connectivity index (χ3v) is 2.89. The zero-order valence-electron chi connectivity index (χ0n) is 10.6. The zero-order chi connectivity index (χ0) is 12.8. The predicted molar refractivity (Wildman–Crippen MR) is 69.4 cm³/mol. The van der Waals surface area contributed by atoms with Gasteiger partial charge < -0.3 is 15.3 Å². The van der Waals surface area contributed by atoms with Gasteiger partial charge in [0.05, 0.1) is 0 Å². The van der Waals surface area contributed by atoms with Gasteiger partial charge >= 0.3 is 5.97 Å². The molecule has 0 heterocycles. The number of carboxylic acids is 1. The molecule has 17 heavy (non-hydrogen) atoms. The van der Waals surface area contributed by atoms with E-state index in [1.807, 2.05) is 24.3 Å². The van der Waals surface area contributed by atoms with E-state index < -0.39 is 12.0 Å². The predicted octanol–water partition coefficient (Wildman–Crippen LogP) is 1.88. The van der Waals surface area contributed by atoms with Crippen LogP contribution in [0.2, 0.25) is 0 Å². The summed E-state index contributed by atoms with van der Waals surface area (Å²) in [6.07, 6.45) is 0. The summed E-state index contributed by atoms with van der Waals surface area (Å²) in [5, 5.41) is 11.8. The van der Waals surface area contributed by atoms with Crippen LogP contribution in [0.1, 0.15) is 25.5 Å². The van der Waals surface area contributed by atoms with Crippen molar-refractivity contribution in [2.75, 3.05) is 25.0 Å². The monoisotopic (exact) mass is 236 g/mol. The van der Waals surface area contributed by atoms with E-state index in [9.17, 15) is 4.79 Å². The first-order valence-corrected chi connectivity index (χ1v) is 5.89. The van der Waals surface area contributed by atoms with Gasteiger partial charge in [0.25, 0.3) is 0 Å². The SMILES string of the molecule is CCN(CC)c1ccc(C(NC)C(=O)O)cc1. The summed E-state index contributed by atoms with van der Waals surface area (Å²) in [6.45, 7) is 6.10. The first-order chi connectivity index (χ1) is 8.13. The van der Waals surface area contributed by atoms with Gasteiger partial charge in [-0.05, 0) is 38.6 Å². The quantitative estimate of drug-likeness (QED) is 0.792. The van der Waals surface area contributed by atoms with Crippen molar-refractivity contribution < 1.29 is 9.90 Å². The van der Waals surface area contributed by atoms with Crippen molar-refractivity contribution in [2.45, 2.75) is 19.9 Å². The normalized spacial score (nSPS) is 12.2. The first-order valence-electron chi connectivity index (χ1n) is 5.89. The molecule has 0 fully saturated rings. The second-order valence-corrected chi connectivity index (χ2v) is 3.82. The van der Waals surface area contributed by atoms with E-state index >= 15 is 0 Å². The van der Waals surface area contributed by atoms with E-state index in [-0.39, 0.29) is 0 Å². The molecule has 0 amide bonds. The fraction of sp³-hybridized carbons (Fsp3) is 0.462. The standard InChI is InChI=1S/C13H20N2O2/c1-4-15(5-2)11-8-6-10(7-9-11)12(14-3)13(16)17/h6-9,12,14H,4-5H2,1-3H3,(H,16,17). The van der Waals surface area contributed by atoms with E-state index in [1.165, 1.54) is 0 Å². The van der Waals surface area contributed by atoms with E-state index in [1.54, 1.807) is 7.05 Å². The van der Waals surface area contributed by atoms with E-state index in [0.717, 1.165) is 24.3 Å². The Morgan fingerprint density at radius 3 is 2.18 bits per heavy atom. The van der Waals surface area contributed by atoms with Crippen molar-refractivity contribution in [3.05, 3.63) is 29.8 Å². The Morgan fingerprint density at radius 2 is 1.82 bits per heavy atom. The minimum Gasteiger partial charge on any atom is -0.480 e. The highest BCUT2D eigenvalue weighted by Crippen LogP contribution is 2.19. The lowest BCUT2D eigenvalue weighted by atomic mass is 10.1. The van der Waals surface area contributed by atoms with Crippen LogP contribution in [-0.2, 0) is 4.79 Å². The molecule has 94 valence electrons. The molecule has 0 radical (unpaired) electrons. The molecular weight excluding hydrogens is 216 g/mol. The zero-order valence-corrected chi connectivity index (χ0v) is 10.6. The van der Waals surface area contributed by atoms with Crippen LogP contribution in [0, 0.1) is 0 Å². The number of nitrogens with one attached hydrogen (secondary N) is 1. The van der Waals surface area contributed by atoms with E-state index in [2.05, 4.69) is 24.1 Å². The van der Waals surface area contributed by atoms with Gasteiger partial charge in [0.1, 0.15) is 6.04 Å². The summed E-state index contributed by atoms with van der Waals surface area (Å²) in [7, 11) is 1.65. The molecule has 1 unspecified atom stereocenters. The van der Waals surface area contributed by atoms with Gasteiger partial charge in [-0.1, -0.05) is 12.1 Å². The molecular formula is C13H20N2O2. The van der Waals surface area contributed by atoms with Crippen LogP contribution in [0.15, 0.2) is 24.3 Å². The fourth-order valence-electron chi connectivity index (χ4n) is 1.90. The average Bonchev–Trinajstić information content (AvgIpc) is 2.33. The van der Waals surface area contributed by atoms with Gasteiger partial charge in [0.15, 0.2) is 0 Å². The van der Waals surface area contributed by atoms with Gasteiger partial charge in [-0.25, -0.2) is 0 Å². The average molecular weight is 236 g/mol. The lowest BCUT2D eigenvalue weighted by Gasteiger charge is -2.21. The summed E-state index contributed by atoms with van der Waals surface area (Å²) in [4.78, 5) is 13.2. The number of anilines is 1. The van der Waals surface area contributed by atoms with Crippen molar-refractivity contribution in [1.82, 2.24) is 5.32 Å². The highest BCUT2D eigenvalue weighted by Gasteiger charge is 2.17. The molecule has 2 N–H and O–H groups in total. The largest absolute Gasteiger partial charge is 0.480 e. The summed E-state index contributed by atoms with van der Waals surface area (Å²) in [5.74, 6) is -0.858. The molecule has 4 nitrogen and oxygen atoms in total. The molecule has 0 aliphatic carbocycles. The van der Waals surface area contributed by atoms with Crippen molar-refractivity contribution in [2.24, 2.45) is 0 Å². The van der Waals surface area contributed by atoms with Crippen LogP contribution in [0.25, 0.3) is 0 Å². The number of carbonyl (C=O) groups is 1. The van der Waals surface area contributed by atoms with Gasteiger partial charge in [-0.3, -0.25) is 4.79 Å². The first kappa shape index (κ1) is 13.5. The summed E-state index contributed by atoms with van der Waals surface area (Å²) in [6, 6.07) is 7.03. The number of aliphatic carboxylic acids is 1. The Labute approximate surface area is 102 Å². The third kappa shape index (κ3) is 3.20. The number of likely N-dealkylation sites (N-methyl/N-ethyl adjacent to an activating group) is 1. The van der Waals surface area contributed by atoms with Crippen LogP contribution in [0.5, 0.6) is 0 Å². The number of carboxylic acid groups (broad SMARTS) is 1. The second-order valence-electron chi connectivity index (χ2n) is 3.82. The summed E-state index contributed by atoms with van der Waals surface area (Å²) >= 11 is 0. The maximum atomic E-state index is 11.0. The number of benzene rings is 1. The summed E-state index contributed by atoms with van der Waals surface area (Å²) < 4.78 is 0. The topological polar surface area (TPSA) is 52.6 Å².